The SMILES string of the molecule is Cc1cc(C(C)(C)C)cc2c1OC(=O)C2C. The second kappa shape index (κ2) is 3.34. The molecular formula is C14H18O2. The molecule has 1 aliphatic heterocycles. The molecule has 0 bridgehead atoms. The minimum atomic E-state index is -0.135. The summed E-state index contributed by atoms with van der Waals surface area (Å²) < 4.78 is 5.28. The molecule has 0 saturated carbocycles. The third-order valence-electron chi connectivity index (χ3n) is 3.19. The van der Waals surface area contributed by atoms with E-state index in [0.29, 0.717) is 0 Å². The largest absolute Gasteiger partial charge is 0.425 e. The van der Waals surface area contributed by atoms with Gasteiger partial charge in [0.1, 0.15) is 5.75 Å². The van der Waals surface area contributed by atoms with Gasteiger partial charge in [0.05, 0.1) is 5.92 Å². The van der Waals surface area contributed by atoms with Crippen LogP contribution in [0.15, 0.2) is 12.1 Å². The number of hydrogen-bond donors (Lipinski definition) is 0. The number of carbonyl (C=O) groups is 1. The van der Waals surface area contributed by atoms with Crippen LogP contribution in [0, 0.1) is 6.92 Å². The van der Waals surface area contributed by atoms with Gasteiger partial charge >= 0.3 is 5.97 Å². The highest BCUT2D eigenvalue weighted by Gasteiger charge is 2.32. The zero-order chi connectivity index (χ0) is 12.1. The van der Waals surface area contributed by atoms with Crippen molar-refractivity contribution >= 4 is 5.97 Å². The molecule has 0 amide bonds. The van der Waals surface area contributed by atoms with Crippen LogP contribution in [0.1, 0.15) is 50.3 Å². The minimum absolute atomic E-state index is 0.102. The number of ether oxygens (including phenoxy) is 1. The second-order valence-electron chi connectivity index (χ2n) is 5.60. The van der Waals surface area contributed by atoms with Crippen molar-refractivity contribution in [2.75, 3.05) is 0 Å². The van der Waals surface area contributed by atoms with Crippen molar-refractivity contribution in [3.63, 3.8) is 0 Å². The van der Waals surface area contributed by atoms with E-state index in [1.165, 1.54) is 5.56 Å². The van der Waals surface area contributed by atoms with Crippen LogP contribution < -0.4 is 4.74 Å². The standard InChI is InChI=1S/C14H18O2/c1-8-6-10(14(3,4)5)7-11-9(2)13(15)16-12(8)11/h6-7,9H,1-5H3. The van der Waals surface area contributed by atoms with Crippen LogP contribution in [0.2, 0.25) is 0 Å². The highest BCUT2D eigenvalue weighted by atomic mass is 16.5. The molecule has 1 unspecified atom stereocenters. The molecule has 1 aliphatic rings. The van der Waals surface area contributed by atoms with Gasteiger partial charge in [0.2, 0.25) is 0 Å². The quantitative estimate of drug-likeness (QED) is 0.493. The van der Waals surface area contributed by atoms with Gasteiger partial charge < -0.3 is 4.74 Å². The van der Waals surface area contributed by atoms with Crippen molar-refractivity contribution in [3.05, 3.63) is 28.8 Å². The third kappa shape index (κ3) is 1.62. The molecule has 0 N–H and O–H groups in total. The van der Waals surface area contributed by atoms with E-state index in [9.17, 15) is 4.79 Å². The number of aryl methyl sites for hydroxylation is 1. The van der Waals surface area contributed by atoms with E-state index in [0.717, 1.165) is 16.9 Å². The van der Waals surface area contributed by atoms with Crippen molar-refractivity contribution in [3.8, 4) is 5.75 Å². The van der Waals surface area contributed by atoms with Gasteiger partial charge in [0.25, 0.3) is 0 Å². The summed E-state index contributed by atoms with van der Waals surface area (Å²) >= 11 is 0. The van der Waals surface area contributed by atoms with Crippen LogP contribution in [-0.4, -0.2) is 5.97 Å². The summed E-state index contributed by atoms with van der Waals surface area (Å²) in [5.41, 5.74) is 3.45. The van der Waals surface area contributed by atoms with Crippen LogP contribution in [-0.2, 0) is 10.2 Å². The molecule has 1 aromatic rings. The number of carbonyl (C=O) groups excluding carboxylic acids is 1. The summed E-state index contributed by atoms with van der Waals surface area (Å²) in [5.74, 6) is 0.505. The average molecular weight is 218 g/mol. The van der Waals surface area contributed by atoms with Crippen molar-refractivity contribution in [1.29, 1.82) is 0 Å². The van der Waals surface area contributed by atoms with E-state index in [1.807, 2.05) is 13.8 Å². The molecule has 1 atom stereocenters. The maximum absolute atomic E-state index is 11.5. The number of rotatable bonds is 0. The zero-order valence-corrected chi connectivity index (χ0v) is 10.5. The first-order chi connectivity index (χ1) is 7.30. The van der Waals surface area contributed by atoms with Gasteiger partial charge in [-0.3, -0.25) is 4.79 Å². The highest BCUT2D eigenvalue weighted by molar-refractivity contribution is 5.86. The Kier molecular flexibility index (Phi) is 2.33. The van der Waals surface area contributed by atoms with E-state index >= 15 is 0 Å². The van der Waals surface area contributed by atoms with Gasteiger partial charge in [0.15, 0.2) is 0 Å². The molecule has 0 saturated heterocycles. The number of hydrogen-bond acceptors (Lipinski definition) is 2. The van der Waals surface area contributed by atoms with Gasteiger partial charge in [-0.25, -0.2) is 0 Å². The summed E-state index contributed by atoms with van der Waals surface area (Å²) in [6.07, 6.45) is 0. The zero-order valence-electron chi connectivity index (χ0n) is 10.5. The lowest BCUT2D eigenvalue weighted by Crippen LogP contribution is -2.12. The lowest BCUT2D eigenvalue weighted by molar-refractivity contribution is -0.133. The normalized spacial score (nSPS) is 19.6. The molecule has 16 heavy (non-hydrogen) atoms. The summed E-state index contributed by atoms with van der Waals surface area (Å²) in [6.45, 7) is 10.4. The first-order valence-corrected chi connectivity index (χ1v) is 5.67. The van der Waals surface area contributed by atoms with E-state index in [4.69, 9.17) is 4.74 Å². The monoisotopic (exact) mass is 218 g/mol. The fourth-order valence-electron chi connectivity index (χ4n) is 2.01. The number of fused-ring (bicyclic) bond motifs is 1. The first-order valence-electron chi connectivity index (χ1n) is 5.67. The van der Waals surface area contributed by atoms with Gasteiger partial charge in [-0.1, -0.05) is 32.9 Å². The maximum atomic E-state index is 11.5. The Morgan fingerprint density at radius 1 is 1.25 bits per heavy atom. The smallest absolute Gasteiger partial charge is 0.318 e. The third-order valence-corrected chi connectivity index (χ3v) is 3.19. The summed E-state index contributed by atoms with van der Waals surface area (Å²) in [7, 11) is 0. The minimum Gasteiger partial charge on any atom is -0.425 e. The predicted octanol–water partition coefficient (Wildman–Crippen LogP) is 3.32. The van der Waals surface area contributed by atoms with Crippen LogP contribution in [0.5, 0.6) is 5.75 Å². The van der Waals surface area contributed by atoms with E-state index in [2.05, 4.69) is 32.9 Å². The highest BCUT2D eigenvalue weighted by Crippen LogP contribution is 2.40. The summed E-state index contributed by atoms with van der Waals surface area (Å²) in [5, 5.41) is 0. The Bertz CT molecular complexity index is 453. The van der Waals surface area contributed by atoms with Crippen molar-refractivity contribution in [2.45, 2.75) is 46.0 Å². The molecule has 0 aliphatic carbocycles. The van der Waals surface area contributed by atoms with E-state index in [-0.39, 0.29) is 17.3 Å². The van der Waals surface area contributed by atoms with Crippen LogP contribution in [0.4, 0.5) is 0 Å². The molecule has 0 radical (unpaired) electrons. The maximum Gasteiger partial charge on any atom is 0.318 e. The number of benzene rings is 1. The second-order valence-corrected chi connectivity index (χ2v) is 5.60. The van der Waals surface area contributed by atoms with Gasteiger partial charge in [-0.15, -0.1) is 0 Å². The molecule has 2 heteroatoms. The Balaban J connectivity index is 2.60. The lowest BCUT2D eigenvalue weighted by Gasteiger charge is -2.21. The first kappa shape index (κ1) is 11.2. The lowest BCUT2D eigenvalue weighted by atomic mass is 9.83. The van der Waals surface area contributed by atoms with Gasteiger partial charge in [0, 0.05) is 5.56 Å². The molecule has 0 fully saturated rings. The predicted molar refractivity (Wildman–Crippen MR) is 63.9 cm³/mol. The van der Waals surface area contributed by atoms with Crippen molar-refractivity contribution in [1.82, 2.24) is 0 Å². The molecule has 86 valence electrons. The molecule has 1 aromatic carbocycles. The van der Waals surface area contributed by atoms with Crippen LogP contribution in [0.3, 0.4) is 0 Å². The van der Waals surface area contributed by atoms with Crippen LogP contribution >= 0.6 is 0 Å². The Labute approximate surface area is 96.6 Å². The molecule has 1 heterocycles. The van der Waals surface area contributed by atoms with E-state index in [1.54, 1.807) is 0 Å². The van der Waals surface area contributed by atoms with Gasteiger partial charge in [-0.2, -0.15) is 0 Å². The molecule has 0 aromatic heterocycles. The molecular weight excluding hydrogens is 200 g/mol. The summed E-state index contributed by atoms with van der Waals surface area (Å²) in [6, 6.07) is 4.22. The molecule has 2 rings (SSSR count). The fraction of sp³-hybridized carbons (Fsp3) is 0.500. The topological polar surface area (TPSA) is 26.3 Å². The average Bonchev–Trinajstić information content (AvgIpc) is 2.44. The van der Waals surface area contributed by atoms with Crippen molar-refractivity contribution < 1.29 is 9.53 Å². The molecule has 2 nitrogen and oxygen atoms in total. The number of esters is 1. The summed E-state index contributed by atoms with van der Waals surface area (Å²) in [4.78, 5) is 11.5. The van der Waals surface area contributed by atoms with Crippen LogP contribution in [0.25, 0.3) is 0 Å². The van der Waals surface area contributed by atoms with E-state index < -0.39 is 0 Å². The fourth-order valence-corrected chi connectivity index (χ4v) is 2.01. The molecule has 0 spiro atoms. The Morgan fingerprint density at radius 2 is 1.88 bits per heavy atom. The van der Waals surface area contributed by atoms with Crippen molar-refractivity contribution in [2.24, 2.45) is 0 Å². The van der Waals surface area contributed by atoms with Gasteiger partial charge in [-0.05, 0) is 30.4 Å². The Morgan fingerprint density at radius 3 is 2.44 bits per heavy atom. The Hall–Kier alpha value is -1.31.